The lowest BCUT2D eigenvalue weighted by Gasteiger charge is -2.12. The molecule has 0 aliphatic carbocycles. The number of hydrogen-bond acceptors (Lipinski definition) is 2. The van der Waals surface area contributed by atoms with E-state index in [2.05, 4.69) is 0 Å². The van der Waals surface area contributed by atoms with Gasteiger partial charge in [0.25, 0.3) is 0 Å². The van der Waals surface area contributed by atoms with E-state index in [1.165, 1.54) is 0 Å². The molecule has 0 saturated heterocycles. The average Bonchev–Trinajstić information content (AvgIpc) is 1.88. The molecule has 2 nitrogen and oxygen atoms in total. The maximum atomic E-state index is 10.9. The summed E-state index contributed by atoms with van der Waals surface area (Å²) >= 11 is 0. The third-order valence-corrected chi connectivity index (χ3v) is 1.64. The van der Waals surface area contributed by atoms with Crippen molar-refractivity contribution in [2.45, 2.75) is 27.7 Å². The van der Waals surface area contributed by atoms with Crippen molar-refractivity contribution in [2.75, 3.05) is 7.11 Å². The molecule has 0 spiro atoms. The molecule has 0 N–H and O–H groups in total. The molecule has 0 aliphatic heterocycles. The van der Waals surface area contributed by atoms with Crippen LogP contribution in [0.2, 0.25) is 0 Å². The Morgan fingerprint density at radius 3 is 1.82 bits per heavy atom. The molecule has 0 unspecified atom stereocenters. The van der Waals surface area contributed by atoms with E-state index in [1.807, 2.05) is 13.8 Å². The van der Waals surface area contributed by atoms with Gasteiger partial charge in [0, 0.05) is 11.5 Å². The molecule has 0 aromatic carbocycles. The summed E-state index contributed by atoms with van der Waals surface area (Å²) in [6.45, 7) is 7.36. The summed E-state index contributed by atoms with van der Waals surface area (Å²) < 4.78 is 5.09. The fourth-order valence-corrected chi connectivity index (χ4v) is 0.995. The van der Waals surface area contributed by atoms with Gasteiger partial charge in [-0.1, -0.05) is 13.8 Å². The van der Waals surface area contributed by atoms with Crippen molar-refractivity contribution in [2.24, 2.45) is 5.92 Å². The second-order valence-electron chi connectivity index (χ2n) is 2.90. The van der Waals surface area contributed by atoms with Crippen LogP contribution in [0.15, 0.2) is 11.3 Å². The Balaban J connectivity index is 4.68. The number of rotatable bonds is 3. The highest BCUT2D eigenvalue weighted by Gasteiger charge is 2.10. The first-order chi connectivity index (χ1) is 5.00. The number of allylic oxidation sites excluding steroid dienone is 2. The van der Waals surface area contributed by atoms with Gasteiger partial charge >= 0.3 is 0 Å². The van der Waals surface area contributed by atoms with E-state index in [4.69, 9.17) is 4.74 Å². The van der Waals surface area contributed by atoms with Gasteiger partial charge in [0.2, 0.25) is 0 Å². The van der Waals surface area contributed by atoms with E-state index < -0.39 is 0 Å². The third-order valence-electron chi connectivity index (χ3n) is 1.64. The van der Waals surface area contributed by atoms with Crippen molar-refractivity contribution >= 4 is 5.78 Å². The molecular formula is C9H16O2. The van der Waals surface area contributed by atoms with E-state index in [1.54, 1.807) is 21.0 Å². The molecule has 0 saturated carbocycles. The van der Waals surface area contributed by atoms with Gasteiger partial charge in [-0.25, -0.2) is 0 Å². The van der Waals surface area contributed by atoms with E-state index in [0.29, 0.717) is 0 Å². The number of methoxy groups -OCH3 is 1. The highest BCUT2D eigenvalue weighted by molar-refractivity contribution is 5.93. The summed E-state index contributed by atoms with van der Waals surface area (Å²) in [5.41, 5.74) is 0.725. The summed E-state index contributed by atoms with van der Waals surface area (Å²) in [6.07, 6.45) is 0. The third kappa shape index (κ3) is 2.74. The lowest BCUT2D eigenvalue weighted by atomic mass is 10.1. The zero-order chi connectivity index (χ0) is 9.02. The molecule has 0 atom stereocenters. The van der Waals surface area contributed by atoms with Crippen molar-refractivity contribution in [3.8, 4) is 0 Å². The maximum absolute atomic E-state index is 10.9. The zero-order valence-electron chi connectivity index (χ0n) is 7.89. The Bertz CT molecular complexity index is 178. The quantitative estimate of drug-likeness (QED) is 0.462. The Hall–Kier alpha value is -0.790. The molecule has 0 fully saturated rings. The average molecular weight is 156 g/mol. The first kappa shape index (κ1) is 10.2. The highest BCUT2D eigenvalue weighted by atomic mass is 16.5. The summed E-state index contributed by atoms with van der Waals surface area (Å²) in [5, 5.41) is 0. The summed E-state index contributed by atoms with van der Waals surface area (Å²) in [6, 6.07) is 0. The lowest BCUT2D eigenvalue weighted by Crippen LogP contribution is -2.05. The van der Waals surface area contributed by atoms with Crippen LogP contribution in [0.3, 0.4) is 0 Å². The van der Waals surface area contributed by atoms with Crippen molar-refractivity contribution in [1.29, 1.82) is 0 Å². The minimum absolute atomic E-state index is 0.0792. The van der Waals surface area contributed by atoms with Crippen LogP contribution in [0.1, 0.15) is 27.7 Å². The van der Waals surface area contributed by atoms with Gasteiger partial charge in [0.1, 0.15) is 5.76 Å². The Labute approximate surface area is 68.2 Å². The van der Waals surface area contributed by atoms with Crippen LogP contribution >= 0.6 is 0 Å². The Kier molecular flexibility index (Phi) is 3.86. The van der Waals surface area contributed by atoms with E-state index in [9.17, 15) is 4.79 Å². The van der Waals surface area contributed by atoms with Gasteiger partial charge in [-0.15, -0.1) is 0 Å². The fraction of sp³-hybridized carbons (Fsp3) is 0.667. The molecule has 0 aromatic rings. The number of ketones is 1. The smallest absolute Gasteiger partial charge is 0.158 e. The molecule has 0 amide bonds. The van der Waals surface area contributed by atoms with Gasteiger partial charge in [0.15, 0.2) is 5.78 Å². The summed E-state index contributed by atoms with van der Waals surface area (Å²) in [4.78, 5) is 10.9. The van der Waals surface area contributed by atoms with Crippen molar-refractivity contribution in [3.05, 3.63) is 11.3 Å². The molecule has 0 radical (unpaired) electrons. The van der Waals surface area contributed by atoms with Crippen LogP contribution in [-0.4, -0.2) is 12.9 Å². The number of Topliss-reactive ketones (excluding diaryl/α,β-unsaturated/α-hetero) is 1. The minimum atomic E-state index is 0.0792. The topological polar surface area (TPSA) is 26.3 Å². The molecule has 0 heterocycles. The largest absolute Gasteiger partial charge is 0.500 e. The van der Waals surface area contributed by atoms with Crippen LogP contribution in [0.5, 0.6) is 0 Å². The first-order valence-corrected chi connectivity index (χ1v) is 3.76. The predicted molar refractivity (Wildman–Crippen MR) is 45.2 cm³/mol. The number of carbonyl (C=O) groups excluding carboxylic acids is 1. The van der Waals surface area contributed by atoms with Crippen molar-refractivity contribution in [3.63, 3.8) is 0 Å². The molecule has 0 bridgehead atoms. The molecule has 2 heteroatoms. The number of hydrogen-bond donors (Lipinski definition) is 0. The van der Waals surface area contributed by atoms with E-state index in [-0.39, 0.29) is 11.7 Å². The van der Waals surface area contributed by atoms with Gasteiger partial charge in [0.05, 0.1) is 7.11 Å². The van der Waals surface area contributed by atoms with Crippen LogP contribution in [0.25, 0.3) is 0 Å². The van der Waals surface area contributed by atoms with Crippen molar-refractivity contribution < 1.29 is 9.53 Å². The SMILES string of the molecule is COC(=C(C)C(C)=O)C(C)C. The van der Waals surface area contributed by atoms with E-state index in [0.717, 1.165) is 11.3 Å². The lowest BCUT2D eigenvalue weighted by molar-refractivity contribution is -0.113. The van der Waals surface area contributed by atoms with Gasteiger partial charge in [-0.3, -0.25) is 4.79 Å². The molecule has 0 aromatic heterocycles. The Morgan fingerprint density at radius 1 is 1.27 bits per heavy atom. The van der Waals surface area contributed by atoms with Crippen LogP contribution in [0.4, 0.5) is 0 Å². The van der Waals surface area contributed by atoms with Crippen molar-refractivity contribution in [1.82, 2.24) is 0 Å². The standard InChI is InChI=1S/C9H16O2/c1-6(2)9(11-5)7(3)8(4)10/h6H,1-5H3. The Morgan fingerprint density at radius 2 is 1.73 bits per heavy atom. The number of ether oxygens (including phenoxy) is 1. The summed E-state index contributed by atoms with van der Waals surface area (Å²) in [5.74, 6) is 1.15. The molecular weight excluding hydrogens is 140 g/mol. The summed E-state index contributed by atoms with van der Waals surface area (Å²) in [7, 11) is 1.60. The molecule has 11 heavy (non-hydrogen) atoms. The predicted octanol–water partition coefficient (Wildman–Crippen LogP) is 2.15. The van der Waals surface area contributed by atoms with E-state index >= 15 is 0 Å². The monoisotopic (exact) mass is 156 g/mol. The molecule has 0 rings (SSSR count). The molecule has 0 aliphatic rings. The van der Waals surface area contributed by atoms with Gasteiger partial charge in [-0.2, -0.15) is 0 Å². The molecule has 64 valence electrons. The zero-order valence-corrected chi connectivity index (χ0v) is 7.89. The normalized spacial score (nSPS) is 12.9. The van der Waals surface area contributed by atoms with Gasteiger partial charge in [-0.05, 0) is 13.8 Å². The van der Waals surface area contributed by atoms with Crippen LogP contribution in [-0.2, 0) is 9.53 Å². The minimum Gasteiger partial charge on any atom is -0.500 e. The maximum Gasteiger partial charge on any atom is 0.158 e. The number of carbonyl (C=O) groups is 1. The highest BCUT2D eigenvalue weighted by Crippen LogP contribution is 2.15. The van der Waals surface area contributed by atoms with Gasteiger partial charge < -0.3 is 4.74 Å². The first-order valence-electron chi connectivity index (χ1n) is 3.76. The van der Waals surface area contributed by atoms with Crippen LogP contribution in [0, 0.1) is 5.92 Å². The second kappa shape index (κ2) is 4.16. The second-order valence-corrected chi connectivity index (χ2v) is 2.90. The fourth-order valence-electron chi connectivity index (χ4n) is 0.995. The van der Waals surface area contributed by atoms with Crippen LogP contribution < -0.4 is 0 Å².